The van der Waals surface area contributed by atoms with Gasteiger partial charge in [0, 0.05) is 12.1 Å². The minimum absolute atomic E-state index is 0.00362. The number of fused-ring (bicyclic) bond motifs is 1. The molecule has 0 saturated heterocycles. The standard InChI is InChI=1S/C26H21BrFN5O2S/c27-23-9-8-22(36-23)25(34)31-15-4-3-5-16(12-15)33-21-13-19(26-29-10-11-35-26)30-14-20(21)32-24(33)17-6-1-2-7-18(17)28/h1-2,6-11,13-16H,3-5,12H2,(H,31,34)/t15-,16+/m0/s1. The zero-order chi connectivity index (χ0) is 24.6. The molecule has 1 aromatic carbocycles. The number of pyridine rings is 1. The summed E-state index contributed by atoms with van der Waals surface area (Å²) in [5.41, 5.74) is 2.51. The van der Waals surface area contributed by atoms with E-state index in [4.69, 9.17) is 9.40 Å². The molecule has 1 amide bonds. The summed E-state index contributed by atoms with van der Waals surface area (Å²) in [6, 6.07) is 12.3. The molecule has 4 heterocycles. The van der Waals surface area contributed by atoms with Crippen LogP contribution in [0, 0.1) is 5.82 Å². The summed E-state index contributed by atoms with van der Waals surface area (Å²) in [4.78, 5) is 27.0. The summed E-state index contributed by atoms with van der Waals surface area (Å²) < 4.78 is 23.4. The molecule has 0 unspecified atom stereocenters. The molecule has 5 aromatic rings. The Morgan fingerprint density at radius 2 is 2.08 bits per heavy atom. The topological polar surface area (TPSA) is 85.8 Å². The van der Waals surface area contributed by atoms with E-state index in [0.717, 1.165) is 28.6 Å². The van der Waals surface area contributed by atoms with Crippen LogP contribution in [0.5, 0.6) is 0 Å². The lowest BCUT2D eigenvalue weighted by atomic mass is 9.90. The van der Waals surface area contributed by atoms with Crippen LogP contribution in [0.25, 0.3) is 34.0 Å². The van der Waals surface area contributed by atoms with Crippen molar-refractivity contribution in [1.29, 1.82) is 0 Å². The van der Waals surface area contributed by atoms with Crippen LogP contribution in [0.2, 0.25) is 0 Å². The predicted octanol–water partition coefficient (Wildman–Crippen LogP) is 6.63. The SMILES string of the molecule is O=C(N[C@H]1CCC[C@@H](n2c(-c3ccccc3F)nc3cnc(-c4ncco4)cc32)C1)c1ccc(Br)s1. The Bertz CT molecular complexity index is 1550. The summed E-state index contributed by atoms with van der Waals surface area (Å²) in [6.45, 7) is 0. The molecule has 0 radical (unpaired) electrons. The number of aromatic nitrogens is 4. The van der Waals surface area contributed by atoms with Crippen molar-refractivity contribution in [1.82, 2.24) is 24.8 Å². The molecule has 1 fully saturated rings. The minimum atomic E-state index is -0.334. The number of oxazole rings is 1. The number of halogens is 2. The minimum Gasteiger partial charge on any atom is -0.443 e. The van der Waals surface area contributed by atoms with E-state index in [1.165, 1.54) is 23.7 Å². The van der Waals surface area contributed by atoms with E-state index < -0.39 is 0 Å². The third kappa shape index (κ3) is 4.35. The lowest BCUT2D eigenvalue weighted by Gasteiger charge is -2.32. The molecule has 2 atom stereocenters. The van der Waals surface area contributed by atoms with Crippen molar-refractivity contribution in [2.45, 2.75) is 37.8 Å². The molecule has 36 heavy (non-hydrogen) atoms. The second-order valence-corrected chi connectivity index (χ2v) is 11.2. The van der Waals surface area contributed by atoms with Crippen molar-refractivity contribution in [2.24, 2.45) is 0 Å². The molecule has 1 aliphatic carbocycles. The first-order chi connectivity index (χ1) is 17.6. The third-order valence-corrected chi connectivity index (χ3v) is 8.11. The molecule has 0 aliphatic heterocycles. The van der Waals surface area contributed by atoms with Crippen molar-refractivity contribution in [3.05, 3.63) is 75.6 Å². The highest BCUT2D eigenvalue weighted by atomic mass is 79.9. The van der Waals surface area contributed by atoms with Crippen molar-refractivity contribution in [3.63, 3.8) is 0 Å². The number of benzene rings is 1. The monoisotopic (exact) mass is 565 g/mol. The fraction of sp³-hybridized carbons (Fsp3) is 0.231. The van der Waals surface area contributed by atoms with Gasteiger partial charge in [-0.25, -0.2) is 19.3 Å². The van der Waals surface area contributed by atoms with Crippen LogP contribution in [-0.2, 0) is 0 Å². The summed E-state index contributed by atoms with van der Waals surface area (Å²) >= 11 is 4.83. The van der Waals surface area contributed by atoms with Gasteiger partial charge in [0.2, 0.25) is 5.89 Å². The number of hydrogen-bond donors (Lipinski definition) is 1. The molecule has 1 saturated carbocycles. The van der Waals surface area contributed by atoms with Gasteiger partial charge in [-0.2, -0.15) is 0 Å². The normalized spacial score (nSPS) is 17.9. The van der Waals surface area contributed by atoms with Gasteiger partial charge in [0.25, 0.3) is 5.91 Å². The van der Waals surface area contributed by atoms with Gasteiger partial charge in [0.05, 0.1) is 32.1 Å². The Balaban J connectivity index is 1.40. The Labute approximate surface area is 218 Å². The molecule has 6 rings (SSSR count). The molecular weight excluding hydrogens is 545 g/mol. The third-order valence-electron chi connectivity index (χ3n) is 6.49. The molecule has 10 heteroatoms. The van der Waals surface area contributed by atoms with Gasteiger partial charge in [-0.1, -0.05) is 12.1 Å². The van der Waals surface area contributed by atoms with Gasteiger partial charge in [-0.05, 0) is 71.9 Å². The van der Waals surface area contributed by atoms with E-state index >= 15 is 0 Å². The van der Waals surface area contributed by atoms with Crippen molar-refractivity contribution in [3.8, 4) is 23.0 Å². The average Bonchev–Trinajstić information content (AvgIpc) is 3.64. The first-order valence-corrected chi connectivity index (χ1v) is 13.3. The highest BCUT2D eigenvalue weighted by Gasteiger charge is 2.29. The number of nitrogens with one attached hydrogen (secondary N) is 1. The molecule has 0 spiro atoms. The van der Waals surface area contributed by atoms with E-state index in [9.17, 15) is 9.18 Å². The van der Waals surface area contributed by atoms with Gasteiger partial charge in [0.15, 0.2) is 0 Å². The van der Waals surface area contributed by atoms with E-state index in [2.05, 4.69) is 35.8 Å². The smallest absolute Gasteiger partial charge is 0.261 e. The fourth-order valence-electron chi connectivity index (χ4n) is 4.89. The van der Waals surface area contributed by atoms with Crippen LogP contribution in [-0.4, -0.2) is 31.5 Å². The number of carbonyl (C=O) groups excluding carboxylic acids is 1. The Kier molecular flexibility index (Phi) is 6.14. The lowest BCUT2D eigenvalue weighted by molar-refractivity contribution is 0.0925. The van der Waals surface area contributed by atoms with Gasteiger partial charge in [-0.3, -0.25) is 4.79 Å². The van der Waals surface area contributed by atoms with Crippen LogP contribution < -0.4 is 5.32 Å². The second-order valence-electron chi connectivity index (χ2n) is 8.78. The maximum atomic E-state index is 14.9. The van der Waals surface area contributed by atoms with Gasteiger partial charge in [0.1, 0.15) is 29.1 Å². The van der Waals surface area contributed by atoms with E-state index in [-0.39, 0.29) is 23.8 Å². The number of hydrogen-bond acceptors (Lipinski definition) is 6. The quantitative estimate of drug-likeness (QED) is 0.258. The van der Waals surface area contributed by atoms with Gasteiger partial charge < -0.3 is 14.3 Å². The second kappa shape index (κ2) is 9.59. The van der Waals surface area contributed by atoms with Crippen LogP contribution in [0.15, 0.2) is 69.3 Å². The Hall–Kier alpha value is -3.37. The molecule has 182 valence electrons. The van der Waals surface area contributed by atoms with Crippen LogP contribution >= 0.6 is 27.3 Å². The zero-order valence-electron chi connectivity index (χ0n) is 19.0. The molecule has 7 nitrogen and oxygen atoms in total. The molecule has 4 aromatic heterocycles. The van der Waals surface area contributed by atoms with E-state index in [0.29, 0.717) is 39.8 Å². The Morgan fingerprint density at radius 1 is 1.19 bits per heavy atom. The number of carbonyl (C=O) groups is 1. The van der Waals surface area contributed by atoms with Gasteiger partial charge >= 0.3 is 0 Å². The van der Waals surface area contributed by atoms with Crippen LogP contribution in [0.1, 0.15) is 41.4 Å². The number of nitrogens with zero attached hydrogens (tertiary/aromatic N) is 4. The lowest BCUT2D eigenvalue weighted by Crippen LogP contribution is -2.38. The zero-order valence-corrected chi connectivity index (χ0v) is 21.4. The summed E-state index contributed by atoms with van der Waals surface area (Å²) in [7, 11) is 0. The molecule has 1 N–H and O–H groups in total. The largest absolute Gasteiger partial charge is 0.443 e. The van der Waals surface area contributed by atoms with E-state index in [1.54, 1.807) is 24.5 Å². The van der Waals surface area contributed by atoms with Gasteiger partial charge in [-0.15, -0.1) is 11.3 Å². The highest BCUT2D eigenvalue weighted by Crippen LogP contribution is 2.37. The van der Waals surface area contributed by atoms with Crippen molar-refractivity contribution in [2.75, 3.05) is 0 Å². The summed E-state index contributed by atoms with van der Waals surface area (Å²) in [5, 5.41) is 3.20. The summed E-state index contributed by atoms with van der Waals surface area (Å²) in [5.74, 6) is 0.553. The maximum Gasteiger partial charge on any atom is 0.261 e. The van der Waals surface area contributed by atoms with Crippen LogP contribution in [0.4, 0.5) is 4.39 Å². The van der Waals surface area contributed by atoms with Crippen molar-refractivity contribution >= 4 is 44.2 Å². The Morgan fingerprint density at radius 3 is 2.86 bits per heavy atom. The fourth-order valence-corrected chi connectivity index (χ4v) is 6.18. The number of thiophene rings is 1. The first-order valence-electron chi connectivity index (χ1n) is 11.7. The van der Waals surface area contributed by atoms with Crippen molar-refractivity contribution < 1.29 is 13.6 Å². The highest BCUT2D eigenvalue weighted by molar-refractivity contribution is 9.11. The van der Waals surface area contributed by atoms with E-state index in [1.807, 2.05) is 24.3 Å². The molecular formula is C26H21BrFN5O2S. The molecule has 0 bridgehead atoms. The number of imidazole rings is 1. The maximum absolute atomic E-state index is 14.9. The average molecular weight is 566 g/mol. The number of rotatable bonds is 5. The first kappa shape index (κ1) is 23.1. The number of amides is 1. The predicted molar refractivity (Wildman–Crippen MR) is 139 cm³/mol. The summed E-state index contributed by atoms with van der Waals surface area (Å²) in [6.07, 6.45) is 8.17. The van der Waals surface area contributed by atoms with Crippen LogP contribution in [0.3, 0.4) is 0 Å². The molecule has 1 aliphatic rings.